The van der Waals surface area contributed by atoms with E-state index in [4.69, 9.17) is 9.84 Å². The number of ether oxygens (including phenoxy) is 1. The minimum absolute atomic E-state index is 0.0139. The van der Waals surface area contributed by atoms with Crippen molar-refractivity contribution in [1.29, 1.82) is 0 Å². The molecular formula is C11H13BrFNO3. The van der Waals surface area contributed by atoms with Crippen molar-refractivity contribution in [2.45, 2.75) is 13.0 Å². The Hall–Kier alpha value is -1.14. The van der Waals surface area contributed by atoms with E-state index in [-0.39, 0.29) is 25.0 Å². The van der Waals surface area contributed by atoms with Gasteiger partial charge in [-0.1, -0.05) is 15.9 Å². The van der Waals surface area contributed by atoms with Crippen LogP contribution in [0.4, 0.5) is 4.39 Å². The van der Waals surface area contributed by atoms with Gasteiger partial charge in [-0.3, -0.25) is 4.79 Å². The summed E-state index contributed by atoms with van der Waals surface area (Å²) in [7, 11) is 0. The van der Waals surface area contributed by atoms with E-state index in [0.29, 0.717) is 4.47 Å². The molecule has 1 aromatic rings. The molecule has 0 aliphatic carbocycles. The van der Waals surface area contributed by atoms with Crippen LogP contribution in [0.15, 0.2) is 22.7 Å². The smallest absolute Gasteiger partial charge is 0.258 e. The van der Waals surface area contributed by atoms with Gasteiger partial charge in [-0.25, -0.2) is 4.39 Å². The van der Waals surface area contributed by atoms with Gasteiger partial charge in [0.05, 0.1) is 6.61 Å². The van der Waals surface area contributed by atoms with Crippen LogP contribution in [-0.2, 0) is 4.79 Å². The van der Waals surface area contributed by atoms with Gasteiger partial charge in [0, 0.05) is 10.5 Å². The summed E-state index contributed by atoms with van der Waals surface area (Å²) >= 11 is 3.12. The van der Waals surface area contributed by atoms with Gasteiger partial charge in [0.2, 0.25) is 0 Å². The molecule has 1 rings (SSSR count). The Kier molecular flexibility index (Phi) is 5.37. The van der Waals surface area contributed by atoms with E-state index in [1.54, 1.807) is 13.0 Å². The molecule has 17 heavy (non-hydrogen) atoms. The largest absolute Gasteiger partial charge is 0.481 e. The van der Waals surface area contributed by atoms with E-state index in [2.05, 4.69) is 21.2 Å². The number of halogens is 2. The second kappa shape index (κ2) is 6.56. The van der Waals surface area contributed by atoms with Crippen molar-refractivity contribution in [2.75, 3.05) is 13.2 Å². The lowest BCUT2D eigenvalue weighted by Crippen LogP contribution is -2.38. The molecule has 1 aromatic carbocycles. The van der Waals surface area contributed by atoms with Gasteiger partial charge in [0.25, 0.3) is 5.91 Å². The van der Waals surface area contributed by atoms with Gasteiger partial charge in [-0.2, -0.15) is 0 Å². The Labute approximate surface area is 107 Å². The van der Waals surface area contributed by atoms with E-state index in [1.807, 2.05) is 0 Å². The molecule has 0 saturated heterocycles. The normalized spacial score (nSPS) is 12.0. The van der Waals surface area contributed by atoms with Crippen LogP contribution in [0.2, 0.25) is 0 Å². The van der Waals surface area contributed by atoms with E-state index in [9.17, 15) is 9.18 Å². The molecular weight excluding hydrogens is 293 g/mol. The zero-order valence-corrected chi connectivity index (χ0v) is 10.8. The average Bonchev–Trinajstić information content (AvgIpc) is 2.27. The highest BCUT2D eigenvalue weighted by atomic mass is 79.9. The SMILES string of the molecule is CC(CO)NC(=O)COc1ccc(Br)cc1F. The second-order valence-electron chi connectivity index (χ2n) is 3.51. The second-order valence-corrected chi connectivity index (χ2v) is 4.43. The van der Waals surface area contributed by atoms with Crippen LogP contribution in [0, 0.1) is 5.82 Å². The minimum Gasteiger partial charge on any atom is -0.481 e. The Morgan fingerprint density at radius 2 is 2.35 bits per heavy atom. The molecule has 4 nitrogen and oxygen atoms in total. The number of carbonyl (C=O) groups is 1. The van der Waals surface area contributed by atoms with Crippen LogP contribution in [-0.4, -0.2) is 30.3 Å². The van der Waals surface area contributed by atoms with Crippen LogP contribution in [0.3, 0.4) is 0 Å². The fourth-order valence-corrected chi connectivity index (χ4v) is 1.43. The van der Waals surface area contributed by atoms with Gasteiger partial charge in [-0.05, 0) is 25.1 Å². The summed E-state index contributed by atoms with van der Waals surface area (Å²) in [5.74, 6) is -0.934. The van der Waals surface area contributed by atoms with Gasteiger partial charge in [0.15, 0.2) is 18.2 Å². The number of carbonyl (C=O) groups excluding carboxylic acids is 1. The third kappa shape index (κ3) is 4.70. The van der Waals surface area contributed by atoms with Crippen LogP contribution in [0.25, 0.3) is 0 Å². The van der Waals surface area contributed by atoms with Crippen molar-refractivity contribution in [3.05, 3.63) is 28.5 Å². The minimum atomic E-state index is -0.539. The van der Waals surface area contributed by atoms with Gasteiger partial charge in [-0.15, -0.1) is 0 Å². The van der Waals surface area contributed by atoms with Crippen molar-refractivity contribution in [3.8, 4) is 5.75 Å². The quantitative estimate of drug-likeness (QED) is 0.866. The number of rotatable bonds is 5. The van der Waals surface area contributed by atoms with Crippen LogP contribution >= 0.6 is 15.9 Å². The number of benzene rings is 1. The first-order chi connectivity index (χ1) is 8.02. The Morgan fingerprint density at radius 1 is 1.65 bits per heavy atom. The van der Waals surface area contributed by atoms with Gasteiger partial charge < -0.3 is 15.2 Å². The van der Waals surface area contributed by atoms with Crippen LogP contribution in [0.5, 0.6) is 5.75 Å². The van der Waals surface area contributed by atoms with Gasteiger partial charge in [0.1, 0.15) is 0 Å². The summed E-state index contributed by atoms with van der Waals surface area (Å²) in [6.07, 6.45) is 0. The lowest BCUT2D eigenvalue weighted by Gasteiger charge is -2.11. The van der Waals surface area contributed by atoms with Crippen LogP contribution in [0.1, 0.15) is 6.92 Å². The maximum Gasteiger partial charge on any atom is 0.258 e. The number of hydrogen-bond acceptors (Lipinski definition) is 3. The summed E-state index contributed by atoms with van der Waals surface area (Å²) in [6.45, 7) is 1.21. The topological polar surface area (TPSA) is 58.6 Å². The molecule has 0 fully saturated rings. The molecule has 0 aliphatic heterocycles. The Balaban J connectivity index is 2.47. The first kappa shape index (κ1) is 13.9. The number of aliphatic hydroxyl groups is 1. The van der Waals surface area contributed by atoms with E-state index >= 15 is 0 Å². The predicted octanol–water partition coefficient (Wildman–Crippen LogP) is 1.46. The predicted molar refractivity (Wildman–Crippen MR) is 64.3 cm³/mol. The standard InChI is InChI=1S/C11H13BrFNO3/c1-7(5-15)14-11(16)6-17-10-3-2-8(12)4-9(10)13/h2-4,7,15H,5-6H2,1H3,(H,14,16). The zero-order chi connectivity index (χ0) is 12.8. The molecule has 1 atom stereocenters. The lowest BCUT2D eigenvalue weighted by molar-refractivity contribution is -0.124. The first-order valence-electron chi connectivity index (χ1n) is 5.01. The fraction of sp³-hybridized carbons (Fsp3) is 0.364. The third-order valence-electron chi connectivity index (χ3n) is 1.93. The molecule has 1 unspecified atom stereocenters. The maximum absolute atomic E-state index is 13.3. The van der Waals surface area contributed by atoms with Gasteiger partial charge >= 0.3 is 0 Å². The molecule has 0 radical (unpaired) electrons. The Bertz CT molecular complexity index is 400. The van der Waals surface area contributed by atoms with Crippen molar-refractivity contribution >= 4 is 21.8 Å². The van der Waals surface area contributed by atoms with E-state index < -0.39 is 11.7 Å². The lowest BCUT2D eigenvalue weighted by atomic mass is 10.3. The Morgan fingerprint density at radius 3 is 2.94 bits per heavy atom. The van der Waals surface area contributed by atoms with Crippen molar-refractivity contribution in [3.63, 3.8) is 0 Å². The number of aliphatic hydroxyl groups excluding tert-OH is 1. The molecule has 0 saturated carbocycles. The molecule has 2 N–H and O–H groups in total. The van der Waals surface area contributed by atoms with E-state index in [0.717, 1.165) is 0 Å². The average molecular weight is 306 g/mol. The van der Waals surface area contributed by atoms with E-state index in [1.165, 1.54) is 12.1 Å². The highest BCUT2D eigenvalue weighted by Crippen LogP contribution is 2.21. The van der Waals surface area contributed by atoms with Crippen molar-refractivity contribution in [1.82, 2.24) is 5.32 Å². The number of amides is 1. The molecule has 0 aromatic heterocycles. The molecule has 0 aliphatic rings. The molecule has 0 heterocycles. The number of hydrogen-bond donors (Lipinski definition) is 2. The highest BCUT2D eigenvalue weighted by Gasteiger charge is 2.09. The number of nitrogens with one attached hydrogen (secondary N) is 1. The summed E-state index contributed by atoms with van der Waals surface area (Å²) < 4.78 is 18.9. The van der Waals surface area contributed by atoms with Crippen LogP contribution < -0.4 is 10.1 Å². The third-order valence-corrected chi connectivity index (χ3v) is 2.43. The van der Waals surface area contributed by atoms with Crippen molar-refractivity contribution in [2.24, 2.45) is 0 Å². The van der Waals surface area contributed by atoms with Crippen molar-refractivity contribution < 1.29 is 19.0 Å². The molecule has 0 spiro atoms. The summed E-state index contributed by atoms with van der Waals surface area (Å²) in [5.41, 5.74) is 0. The maximum atomic E-state index is 13.3. The summed E-state index contributed by atoms with van der Waals surface area (Å²) in [5, 5.41) is 11.2. The molecule has 94 valence electrons. The molecule has 0 bridgehead atoms. The monoisotopic (exact) mass is 305 g/mol. The fourth-order valence-electron chi connectivity index (χ4n) is 1.10. The summed E-state index contributed by atoms with van der Waals surface area (Å²) in [4.78, 5) is 11.3. The highest BCUT2D eigenvalue weighted by molar-refractivity contribution is 9.10. The first-order valence-corrected chi connectivity index (χ1v) is 5.80. The molecule has 1 amide bonds. The summed E-state index contributed by atoms with van der Waals surface area (Å²) in [6, 6.07) is 3.96. The zero-order valence-electron chi connectivity index (χ0n) is 9.24. The molecule has 6 heteroatoms.